The Morgan fingerprint density at radius 3 is 2.30 bits per heavy atom. The predicted octanol–water partition coefficient (Wildman–Crippen LogP) is 6.13. The molecule has 0 amide bonds. The Bertz CT molecular complexity index is 921. The third-order valence-electron chi connectivity index (χ3n) is 3.47. The first kappa shape index (κ1) is 15.1. The molecule has 0 saturated carbocycles. The first-order valence-corrected chi connectivity index (χ1v) is 7.28. The lowest BCUT2D eigenvalue weighted by atomic mass is 10.1. The van der Waals surface area contributed by atoms with Crippen LogP contribution in [0.5, 0.6) is 0 Å². The molecule has 0 aromatic heterocycles. The molecule has 23 heavy (non-hydrogen) atoms. The zero-order chi connectivity index (χ0) is 16.4. The number of hydrogen-bond acceptors (Lipinski definition) is 4. The predicted molar refractivity (Wildman–Crippen MR) is 91.0 cm³/mol. The van der Waals surface area contributed by atoms with Gasteiger partial charge in [-0.25, -0.2) is 0 Å². The average molecular weight is 326 g/mol. The molecule has 0 atom stereocenters. The van der Waals surface area contributed by atoms with Gasteiger partial charge in [-0.15, -0.1) is 5.11 Å². The molecule has 0 saturated heterocycles. The van der Waals surface area contributed by atoms with Gasteiger partial charge in [0.2, 0.25) is 0 Å². The molecular formula is C17H12ClN3O2. The highest BCUT2D eigenvalue weighted by molar-refractivity contribution is 6.36. The van der Waals surface area contributed by atoms with Crippen LogP contribution in [-0.4, -0.2) is 4.92 Å². The van der Waals surface area contributed by atoms with Crippen LogP contribution >= 0.6 is 11.6 Å². The van der Waals surface area contributed by atoms with Gasteiger partial charge in [0.25, 0.3) is 5.69 Å². The summed E-state index contributed by atoms with van der Waals surface area (Å²) in [5.74, 6) is 0. The second-order valence-corrected chi connectivity index (χ2v) is 5.42. The lowest BCUT2D eigenvalue weighted by Gasteiger charge is -2.06. The third kappa shape index (κ3) is 3.05. The Morgan fingerprint density at radius 1 is 1.00 bits per heavy atom. The molecular weight excluding hydrogens is 314 g/mol. The van der Waals surface area contributed by atoms with E-state index in [1.807, 2.05) is 37.3 Å². The van der Waals surface area contributed by atoms with Crippen molar-refractivity contribution in [3.63, 3.8) is 0 Å². The molecule has 0 aliphatic heterocycles. The van der Waals surface area contributed by atoms with Gasteiger partial charge in [-0.1, -0.05) is 35.9 Å². The summed E-state index contributed by atoms with van der Waals surface area (Å²) in [4.78, 5) is 10.2. The van der Waals surface area contributed by atoms with Crippen molar-refractivity contribution < 1.29 is 4.92 Å². The number of nitro benzene ring substituents is 1. The standard InChI is InChI=1S/C17H12ClN3O2/c1-11-10-16(14-4-2-3-5-15(14)17(11)18)20-19-12-6-8-13(9-7-12)21(22)23/h2-10H,1H3. The highest BCUT2D eigenvalue weighted by atomic mass is 35.5. The number of azo groups is 1. The fourth-order valence-electron chi connectivity index (χ4n) is 2.29. The lowest BCUT2D eigenvalue weighted by Crippen LogP contribution is -1.85. The molecule has 0 fully saturated rings. The van der Waals surface area contributed by atoms with E-state index in [0.717, 1.165) is 16.3 Å². The monoisotopic (exact) mass is 325 g/mol. The number of nitrogens with zero attached hydrogens (tertiary/aromatic N) is 3. The van der Waals surface area contributed by atoms with Crippen LogP contribution < -0.4 is 0 Å². The summed E-state index contributed by atoms with van der Waals surface area (Å²) in [5, 5.41) is 21.6. The van der Waals surface area contributed by atoms with E-state index in [-0.39, 0.29) is 5.69 Å². The molecule has 0 N–H and O–H groups in total. The van der Waals surface area contributed by atoms with Crippen molar-refractivity contribution in [2.24, 2.45) is 10.2 Å². The van der Waals surface area contributed by atoms with Gasteiger partial charge in [-0.05, 0) is 30.7 Å². The van der Waals surface area contributed by atoms with Gasteiger partial charge in [0.15, 0.2) is 0 Å². The van der Waals surface area contributed by atoms with E-state index >= 15 is 0 Å². The Labute approximate surface area is 137 Å². The summed E-state index contributed by atoms with van der Waals surface area (Å²) >= 11 is 6.33. The summed E-state index contributed by atoms with van der Waals surface area (Å²) in [6.07, 6.45) is 0. The third-order valence-corrected chi connectivity index (χ3v) is 3.97. The van der Waals surface area contributed by atoms with E-state index in [9.17, 15) is 10.1 Å². The van der Waals surface area contributed by atoms with Gasteiger partial charge in [-0.3, -0.25) is 10.1 Å². The van der Waals surface area contributed by atoms with Gasteiger partial charge >= 0.3 is 0 Å². The van der Waals surface area contributed by atoms with Crippen molar-refractivity contribution in [1.29, 1.82) is 0 Å². The molecule has 3 aromatic carbocycles. The second kappa shape index (κ2) is 6.14. The van der Waals surface area contributed by atoms with Crippen molar-refractivity contribution in [2.75, 3.05) is 0 Å². The maximum atomic E-state index is 10.6. The van der Waals surface area contributed by atoms with Crippen LogP contribution in [-0.2, 0) is 0 Å². The minimum Gasteiger partial charge on any atom is -0.258 e. The SMILES string of the molecule is Cc1cc(N=Nc2ccc([N+](=O)[O-])cc2)c2ccccc2c1Cl. The van der Waals surface area contributed by atoms with E-state index < -0.39 is 4.92 Å². The number of halogens is 1. The maximum Gasteiger partial charge on any atom is 0.269 e. The number of non-ortho nitro benzene ring substituents is 1. The summed E-state index contributed by atoms with van der Waals surface area (Å²) in [6.45, 7) is 1.92. The van der Waals surface area contributed by atoms with Crippen LogP contribution in [0, 0.1) is 17.0 Å². The highest BCUT2D eigenvalue weighted by Gasteiger charge is 2.08. The van der Waals surface area contributed by atoms with Crippen LogP contribution in [0.15, 0.2) is 64.8 Å². The highest BCUT2D eigenvalue weighted by Crippen LogP contribution is 2.35. The Morgan fingerprint density at radius 2 is 1.65 bits per heavy atom. The molecule has 3 rings (SSSR count). The van der Waals surface area contributed by atoms with Crippen LogP contribution in [0.2, 0.25) is 5.02 Å². The second-order valence-electron chi connectivity index (χ2n) is 5.05. The first-order valence-electron chi connectivity index (χ1n) is 6.90. The minimum atomic E-state index is -0.447. The molecule has 0 aliphatic rings. The quantitative estimate of drug-likeness (QED) is 0.330. The smallest absolute Gasteiger partial charge is 0.258 e. The fraction of sp³-hybridized carbons (Fsp3) is 0.0588. The van der Waals surface area contributed by atoms with Gasteiger partial charge < -0.3 is 0 Å². The molecule has 114 valence electrons. The summed E-state index contributed by atoms with van der Waals surface area (Å²) in [5.41, 5.74) is 2.20. The first-order chi connectivity index (χ1) is 11.1. The van der Waals surface area contributed by atoms with Gasteiger partial charge in [-0.2, -0.15) is 5.11 Å². The zero-order valence-electron chi connectivity index (χ0n) is 12.2. The Kier molecular flexibility index (Phi) is 4.04. The van der Waals surface area contributed by atoms with Crippen LogP contribution in [0.4, 0.5) is 17.1 Å². The normalized spacial score (nSPS) is 11.2. The molecule has 6 heteroatoms. The number of rotatable bonds is 3. The van der Waals surface area contributed by atoms with E-state index in [1.165, 1.54) is 12.1 Å². The molecule has 0 heterocycles. The number of hydrogen-bond donors (Lipinski definition) is 0. The molecule has 0 bridgehead atoms. The van der Waals surface area contributed by atoms with Crippen molar-refractivity contribution in [1.82, 2.24) is 0 Å². The number of nitro groups is 1. The number of aryl methyl sites for hydroxylation is 1. The van der Waals surface area contributed by atoms with Crippen LogP contribution in [0.1, 0.15) is 5.56 Å². The van der Waals surface area contributed by atoms with Crippen LogP contribution in [0.3, 0.4) is 0 Å². The molecule has 5 nitrogen and oxygen atoms in total. The molecule has 0 unspecified atom stereocenters. The fourth-order valence-corrected chi connectivity index (χ4v) is 2.51. The van der Waals surface area contributed by atoms with E-state index in [4.69, 9.17) is 11.6 Å². The van der Waals surface area contributed by atoms with E-state index in [2.05, 4.69) is 10.2 Å². The summed E-state index contributed by atoms with van der Waals surface area (Å²) in [6, 6.07) is 15.5. The van der Waals surface area contributed by atoms with Gasteiger partial charge in [0, 0.05) is 22.9 Å². The lowest BCUT2D eigenvalue weighted by molar-refractivity contribution is -0.384. The van der Waals surface area contributed by atoms with E-state index in [0.29, 0.717) is 16.4 Å². The molecule has 0 radical (unpaired) electrons. The Balaban J connectivity index is 2.01. The topological polar surface area (TPSA) is 67.9 Å². The number of fused-ring (bicyclic) bond motifs is 1. The van der Waals surface area contributed by atoms with Crippen molar-refractivity contribution >= 4 is 39.4 Å². The number of benzene rings is 3. The van der Waals surface area contributed by atoms with Gasteiger partial charge in [0.05, 0.1) is 21.3 Å². The van der Waals surface area contributed by atoms with Crippen molar-refractivity contribution in [2.45, 2.75) is 6.92 Å². The van der Waals surface area contributed by atoms with Gasteiger partial charge in [0.1, 0.15) is 0 Å². The summed E-state index contributed by atoms with van der Waals surface area (Å²) in [7, 11) is 0. The molecule has 0 aliphatic carbocycles. The van der Waals surface area contributed by atoms with Crippen molar-refractivity contribution in [3.05, 3.63) is 75.3 Å². The van der Waals surface area contributed by atoms with Crippen molar-refractivity contribution in [3.8, 4) is 0 Å². The zero-order valence-corrected chi connectivity index (χ0v) is 13.0. The average Bonchev–Trinajstić information content (AvgIpc) is 2.57. The molecule has 3 aromatic rings. The maximum absolute atomic E-state index is 10.6. The summed E-state index contributed by atoms with van der Waals surface area (Å²) < 4.78 is 0. The van der Waals surface area contributed by atoms with Crippen LogP contribution in [0.25, 0.3) is 10.8 Å². The largest absolute Gasteiger partial charge is 0.269 e. The Hall–Kier alpha value is -2.79. The molecule has 0 spiro atoms. The minimum absolute atomic E-state index is 0.0248. The van der Waals surface area contributed by atoms with E-state index in [1.54, 1.807) is 12.1 Å².